The van der Waals surface area contributed by atoms with E-state index in [1.54, 1.807) is 26.4 Å². The molecule has 0 unspecified atom stereocenters. The van der Waals surface area contributed by atoms with Crippen molar-refractivity contribution in [1.82, 2.24) is 5.32 Å². The molecule has 30 heavy (non-hydrogen) atoms. The molecule has 0 aliphatic heterocycles. The molecule has 1 amide bonds. The summed E-state index contributed by atoms with van der Waals surface area (Å²) < 4.78 is 15.5. The lowest BCUT2D eigenvalue weighted by atomic mass is 9.86. The number of aryl methyl sites for hydroxylation is 1. The number of rotatable bonds is 9. The first kappa shape index (κ1) is 23.3. The zero-order valence-corrected chi connectivity index (χ0v) is 18.4. The Balaban J connectivity index is 1.72. The number of ether oxygens (including phenoxy) is 3. The summed E-state index contributed by atoms with van der Waals surface area (Å²) in [6.45, 7) is 6.49. The van der Waals surface area contributed by atoms with Crippen LogP contribution in [0.1, 0.15) is 43.9 Å². The molecule has 0 saturated heterocycles. The van der Waals surface area contributed by atoms with E-state index in [4.69, 9.17) is 14.2 Å². The van der Waals surface area contributed by atoms with Crippen molar-refractivity contribution in [2.75, 3.05) is 20.8 Å². The molecule has 0 aliphatic rings. The van der Waals surface area contributed by atoms with Crippen LogP contribution in [-0.2, 0) is 32.7 Å². The highest BCUT2D eigenvalue weighted by atomic mass is 16.5. The van der Waals surface area contributed by atoms with Gasteiger partial charge in [-0.15, -0.1) is 0 Å². The molecule has 0 bridgehead atoms. The second-order valence-electron chi connectivity index (χ2n) is 8.07. The van der Waals surface area contributed by atoms with Crippen LogP contribution in [0.5, 0.6) is 11.5 Å². The standard InChI is InChI=1S/C24H31NO5/c1-24(2,3)19-10-6-17(7-11-19)9-13-23(27)30-16-22(26)25-15-18-8-12-20(28-4)21(14-18)29-5/h6-8,10-12,14H,9,13,15-16H2,1-5H3,(H,25,26). The quantitative estimate of drug-likeness (QED) is 0.633. The molecule has 0 fully saturated rings. The molecule has 162 valence electrons. The van der Waals surface area contributed by atoms with Gasteiger partial charge in [-0.1, -0.05) is 51.1 Å². The lowest BCUT2D eigenvalue weighted by Gasteiger charge is -2.19. The first-order valence-electron chi connectivity index (χ1n) is 9.95. The number of carbonyl (C=O) groups is 2. The van der Waals surface area contributed by atoms with Gasteiger partial charge in [0.2, 0.25) is 0 Å². The number of carbonyl (C=O) groups excluding carboxylic acids is 2. The van der Waals surface area contributed by atoms with Crippen molar-refractivity contribution >= 4 is 11.9 Å². The predicted molar refractivity (Wildman–Crippen MR) is 116 cm³/mol. The van der Waals surface area contributed by atoms with Crippen molar-refractivity contribution in [2.24, 2.45) is 0 Å². The van der Waals surface area contributed by atoms with Crippen LogP contribution in [0, 0.1) is 0 Å². The van der Waals surface area contributed by atoms with Gasteiger partial charge in [0.05, 0.1) is 14.2 Å². The average molecular weight is 414 g/mol. The van der Waals surface area contributed by atoms with Crippen LogP contribution >= 0.6 is 0 Å². The van der Waals surface area contributed by atoms with E-state index in [0.717, 1.165) is 11.1 Å². The second-order valence-corrected chi connectivity index (χ2v) is 8.07. The van der Waals surface area contributed by atoms with Gasteiger partial charge in [0.15, 0.2) is 18.1 Å². The topological polar surface area (TPSA) is 73.9 Å². The van der Waals surface area contributed by atoms with E-state index in [9.17, 15) is 9.59 Å². The Labute approximate surface area is 178 Å². The van der Waals surface area contributed by atoms with Gasteiger partial charge in [-0.25, -0.2) is 0 Å². The molecular weight excluding hydrogens is 382 g/mol. The van der Waals surface area contributed by atoms with E-state index in [0.29, 0.717) is 24.5 Å². The van der Waals surface area contributed by atoms with Gasteiger partial charge in [-0.05, 0) is 40.7 Å². The average Bonchev–Trinajstić information content (AvgIpc) is 2.74. The fourth-order valence-corrected chi connectivity index (χ4v) is 2.88. The van der Waals surface area contributed by atoms with E-state index in [1.165, 1.54) is 5.56 Å². The third-order valence-corrected chi connectivity index (χ3v) is 4.74. The number of amides is 1. The molecule has 2 aromatic carbocycles. The van der Waals surface area contributed by atoms with Crippen molar-refractivity contribution in [3.8, 4) is 11.5 Å². The molecule has 0 saturated carbocycles. The lowest BCUT2D eigenvalue weighted by Crippen LogP contribution is -2.28. The van der Waals surface area contributed by atoms with Crippen molar-refractivity contribution in [3.63, 3.8) is 0 Å². The fraction of sp³-hybridized carbons (Fsp3) is 0.417. The zero-order chi connectivity index (χ0) is 22.1. The van der Waals surface area contributed by atoms with Gasteiger partial charge in [0.1, 0.15) is 0 Å². The number of hydrogen-bond acceptors (Lipinski definition) is 5. The number of hydrogen-bond donors (Lipinski definition) is 1. The normalized spacial score (nSPS) is 11.0. The minimum absolute atomic E-state index is 0.0990. The molecule has 0 heterocycles. The van der Waals surface area contributed by atoms with Crippen LogP contribution in [0.3, 0.4) is 0 Å². The maximum atomic E-state index is 12.0. The van der Waals surface area contributed by atoms with Crippen LogP contribution in [0.15, 0.2) is 42.5 Å². The fourth-order valence-electron chi connectivity index (χ4n) is 2.88. The summed E-state index contributed by atoms with van der Waals surface area (Å²) in [5.41, 5.74) is 3.27. The highest BCUT2D eigenvalue weighted by Gasteiger charge is 2.13. The van der Waals surface area contributed by atoms with Crippen LogP contribution in [0.4, 0.5) is 0 Å². The number of nitrogens with one attached hydrogen (secondary N) is 1. The molecule has 0 atom stereocenters. The van der Waals surface area contributed by atoms with E-state index in [2.05, 4.69) is 38.2 Å². The Bertz CT molecular complexity index is 853. The largest absolute Gasteiger partial charge is 0.493 e. The minimum Gasteiger partial charge on any atom is -0.493 e. The molecule has 0 spiro atoms. The van der Waals surface area contributed by atoms with Gasteiger partial charge >= 0.3 is 5.97 Å². The van der Waals surface area contributed by atoms with Gasteiger partial charge in [0, 0.05) is 13.0 Å². The first-order valence-corrected chi connectivity index (χ1v) is 9.95. The third kappa shape index (κ3) is 7.10. The Hall–Kier alpha value is -3.02. The lowest BCUT2D eigenvalue weighted by molar-refractivity contribution is -0.148. The van der Waals surface area contributed by atoms with Crippen molar-refractivity contribution in [3.05, 3.63) is 59.2 Å². The number of esters is 1. The van der Waals surface area contributed by atoms with Crippen molar-refractivity contribution in [1.29, 1.82) is 0 Å². The summed E-state index contributed by atoms with van der Waals surface area (Å²) in [6, 6.07) is 13.6. The van der Waals surface area contributed by atoms with Gasteiger partial charge < -0.3 is 19.5 Å². The molecule has 2 rings (SSSR count). The maximum Gasteiger partial charge on any atom is 0.306 e. The smallest absolute Gasteiger partial charge is 0.306 e. The zero-order valence-electron chi connectivity index (χ0n) is 18.4. The summed E-state index contributed by atoms with van der Waals surface area (Å²) in [7, 11) is 3.12. The van der Waals surface area contributed by atoms with E-state index in [-0.39, 0.29) is 24.3 Å². The second kappa shape index (κ2) is 10.7. The molecule has 0 aromatic heterocycles. The van der Waals surface area contributed by atoms with Crippen molar-refractivity contribution in [2.45, 2.75) is 45.6 Å². The van der Waals surface area contributed by atoms with Crippen LogP contribution in [-0.4, -0.2) is 32.7 Å². The van der Waals surface area contributed by atoms with Gasteiger partial charge in [-0.2, -0.15) is 0 Å². The van der Waals surface area contributed by atoms with Crippen LogP contribution < -0.4 is 14.8 Å². The molecule has 0 aliphatic carbocycles. The van der Waals surface area contributed by atoms with E-state index < -0.39 is 5.97 Å². The highest BCUT2D eigenvalue weighted by molar-refractivity contribution is 5.80. The van der Waals surface area contributed by atoms with Crippen LogP contribution in [0.25, 0.3) is 0 Å². The Morgan fingerprint density at radius 2 is 1.53 bits per heavy atom. The molecule has 1 N–H and O–H groups in total. The Kier molecular flexibility index (Phi) is 8.27. The van der Waals surface area contributed by atoms with Gasteiger partial charge in [0.25, 0.3) is 5.91 Å². The summed E-state index contributed by atoms with van der Waals surface area (Å²) in [4.78, 5) is 23.9. The van der Waals surface area contributed by atoms with E-state index in [1.807, 2.05) is 18.2 Å². The molecule has 6 nitrogen and oxygen atoms in total. The monoisotopic (exact) mass is 413 g/mol. The van der Waals surface area contributed by atoms with E-state index >= 15 is 0 Å². The summed E-state index contributed by atoms with van der Waals surface area (Å²) in [5, 5.41) is 2.72. The molecular formula is C24H31NO5. The molecule has 0 radical (unpaired) electrons. The third-order valence-electron chi connectivity index (χ3n) is 4.74. The summed E-state index contributed by atoms with van der Waals surface area (Å²) in [5.74, 6) is 0.463. The minimum atomic E-state index is -0.392. The van der Waals surface area contributed by atoms with Crippen molar-refractivity contribution < 1.29 is 23.8 Å². The Morgan fingerprint density at radius 3 is 2.13 bits per heavy atom. The predicted octanol–water partition coefficient (Wildman–Crippen LogP) is 3.79. The van der Waals surface area contributed by atoms with Gasteiger partial charge in [-0.3, -0.25) is 9.59 Å². The number of methoxy groups -OCH3 is 2. The maximum absolute atomic E-state index is 12.0. The number of benzene rings is 2. The van der Waals surface area contributed by atoms with Crippen LogP contribution in [0.2, 0.25) is 0 Å². The molecule has 2 aromatic rings. The highest BCUT2D eigenvalue weighted by Crippen LogP contribution is 2.27. The first-order chi connectivity index (χ1) is 14.2. The molecule has 6 heteroatoms. The summed E-state index contributed by atoms with van der Waals surface area (Å²) in [6.07, 6.45) is 0.814. The Morgan fingerprint density at radius 1 is 0.900 bits per heavy atom. The SMILES string of the molecule is COc1ccc(CNC(=O)COC(=O)CCc2ccc(C(C)(C)C)cc2)cc1OC. The summed E-state index contributed by atoms with van der Waals surface area (Å²) >= 11 is 0.